The average molecular weight is 440 g/mol. The van der Waals surface area contributed by atoms with Crippen molar-refractivity contribution in [2.75, 3.05) is 5.75 Å². The van der Waals surface area contributed by atoms with Gasteiger partial charge in [-0.3, -0.25) is 9.78 Å². The normalized spacial score (nSPS) is 13.3. The highest BCUT2D eigenvalue weighted by Crippen LogP contribution is 2.37. The molecule has 0 radical (unpaired) electrons. The van der Waals surface area contributed by atoms with Crippen LogP contribution in [-0.2, 0) is 9.84 Å². The summed E-state index contributed by atoms with van der Waals surface area (Å²) in [5.74, 6) is -7.41. The van der Waals surface area contributed by atoms with Gasteiger partial charge in [-0.05, 0) is 36.2 Å². The highest BCUT2D eigenvalue weighted by atomic mass is 32.2. The molecule has 2 aromatic rings. The second-order valence-electron chi connectivity index (χ2n) is 6.16. The van der Waals surface area contributed by atoms with E-state index in [-0.39, 0.29) is 11.3 Å². The molecule has 0 bridgehead atoms. The number of nitrogens with two attached hydrogens (primary N) is 1. The van der Waals surface area contributed by atoms with E-state index in [1.54, 1.807) is 0 Å². The molecule has 0 saturated carbocycles. The van der Waals surface area contributed by atoms with Crippen molar-refractivity contribution in [1.82, 2.24) is 4.98 Å². The van der Waals surface area contributed by atoms with Crippen LogP contribution in [0.15, 0.2) is 24.4 Å². The second-order valence-corrected chi connectivity index (χ2v) is 8.36. The Balaban J connectivity index is 2.75. The lowest BCUT2D eigenvalue weighted by Gasteiger charge is -2.22. The van der Waals surface area contributed by atoms with E-state index < -0.39 is 67.9 Å². The fourth-order valence-corrected chi connectivity index (χ4v) is 4.62. The molecule has 29 heavy (non-hydrogen) atoms. The summed E-state index contributed by atoms with van der Waals surface area (Å²) >= 11 is 0. The fourth-order valence-electron chi connectivity index (χ4n) is 2.66. The number of rotatable bonds is 6. The Hall–Kier alpha value is -2.63. The number of amides is 1. The number of pyridine rings is 1. The van der Waals surface area contributed by atoms with Crippen molar-refractivity contribution in [2.24, 2.45) is 5.73 Å². The molecular formula is C17H14F6N2O3S. The van der Waals surface area contributed by atoms with Crippen molar-refractivity contribution >= 4 is 15.7 Å². The first kappa shape index (κ1) is 22.7. The van der Waals surface area contributed by atoms with Crippen molar-refractivity contribution in [1.29, 1.82) is 0 Å². The summed E-state index contributed by atoms with van der Waals surface area (Å²) in [6, 6.07) is 1.88. The molecular weight excluding hydrogens is 426 g/mol. The van der Waals surface area contributed by atoms with E-state index in [4.69, 9.17) is 5.73 Å². The largest absolute Gasteiger partial charge is 0.390 e. The zero-order valence-corrected chi connectivity index (χ0v) is 15.5. The van der Waals surface area contributed by atoms with Gasteiger partial charge in [-0.25, -0.2) is 21.6 Å². The van der Waals surface area contributed by atoms with Crippen LogP contribution in [0.3, 0.4) is 0 Å². The maximum atomic E-state index is 14.3. The van der Waals surface area contributed by atoms with E-state index in [0.717, 1.165) is 12.3 Å². The number of nitrogens with zero attached hydrogens (tertiary/aromatic N) is 1. The minimum Gasteiger partial charge on any atom is -0.364 e. The molecule has 158 valence electrons. The van der Waals surface area contributed by atoms with Crippen molar-refractivity contribution < 1.29 is 39.6 Å². The number of primary amides is 1. The van der Waals surface area contributed by atoms with Crippen molar-refractivity contribution in [2.45, 2.75) is 24.8 Å². The van der Waals surface area contributed by atoms with Gasteiger partial charge in [0.05, 0.1) is 12.2 Å². The van der Waals surface area contributed by atoms with E-state index in [0.29, 0.717) is 12.1 Å². The molecule has 2 rings (SSSR count). The molecule has 0 aliphatic heterocycles. The standard InChI is InChI=1S/C17H14F6N2O3S/c1-8-6-12(16(24)26)25-7-9(8)15(29(27,28)5-4-17(21,22)23)13-10(18)2-3-11(19)14(13)20/h2-3,6-7,15H,4-5H2,1H3,(H2,24,26). The van der Waals surface area contributed by atoms with Gasteiger partial charge in [0.25, 0.3) is 5.91 Å². The first-order valence-corrected chi connectivity index (χ1v) is 9.64. The first-order chi connectivity index (χ1) is 13.2. The summed E-state index contributed by atoms with van der Waals surface area (Å²) < 4.78 is 105. The molecule has 1 unspecified atom stereocenters. The summed E-state index contributed by atoms with van der Waals surface area (Å²) in [6.45, 7) is 1.24. The van der Waals surface area contributed by atoms with Crippen LogP contribution in [0.5, 0.6) is 0 Å². The number of carbonyl (C=O) groups excluding carboxylic acids is 1. The Morgan fingerprint density at radius 2 is 1.76 bits per heavy atom. The van der Waals surface area contributed by atoms with Crippen molar-refractivity contribution in [3.05, 3.63) is 64.2 Å². The van der Waals surface area contributed by atoms with E-state index in [1.165, 1.54) is 6.92 Å². The molecule has 1 aromatic heterocycles. The number of aromatic nitrogens is 1. The average Bonchev–Trinajstić information content (AvgIpc) is 2.60. The molecule has 1 amide bonds. The number of hydrogen-bond acceptors (Lipinski definition) is 4. The van der Waals surface area contributed by atoms with Gasteiger partial charge < -0.3 is 5.73 Å². The van der Waals surface area contributed by atoms with Gasteiger partial charge in [-0.15, -0.1) is 0 Å². The molecule has 2 N–H and O–H groups in total. The molecule has 1 atom stereocenters. The molecule has 0 saturated heterocycles. The monoisotopic (exact) mass is 440 g/mol. The predicted molar refractivity (Wildman–Crippen MR) is 90.1 cm³/mol. The quantitative estimate of drug-likeness (QED) is 0.551. The van der Waals surface area contributed by atoms with Gasteiger partial charge >= 0.3 is 6.18 Å². The van der Waals surface area contributed by atoms with E-state index >= 15 is 0 Å². The van der Waals surface area contributed by atoms with Gasteiger partial charge in [-0.1, -0.05) is 0 Å². The van der Waals surface area contributed by atoms with E-state index in [9.17, 15) is 39.6 Å². The Morgan fingerprint density at radius 1 is 1.17 bits per heavy atom. The smallest absolute Gasteiger partial charge is 0.364 e. The van der Waals surface area contributed by atoms with Crippen LogP contribution in [0.4, 0.5) is 26.3 Å². The number of halogens is 6. The summed E-state index contributed by atoms with van der Waals surface area (Å²) in [7, 11) is -4.90. The van der Waals surface area contributed by atoms with Gasteiger partial charge in [0.2, 0.25) is 0 Å². The van der Waals surface area contributed by atoms with E-state index in [1.807, 2.05) is 0 Å². The molecule has 5 nitrogen and oxygen atoms in total. The number of sulfone groups is 1. The van der Waals surface area contributed by atoms with Crippen LogP contribution in [0.1, 0.15) is 38.8 Å². The van der Waals surface area contributed by atoms with Crippen LogP contribution >= 0.6 is 0 Å². The van der Waals surface area contributed by atoms with Gasteiger partial charge in [-0.2, -0.15) is 13.2 Å². The SMILES string of the molecule is Cc1cc(C(N)=O)ncc1C(c1c(F)ccc(F)c1F)S(=O)(=O)CCC(F)(F)F. The van der Waals surface area contributed by atoms with Crippen LogP contribution < -0.4 is 5.73 Å². The molecule has 1 aromatic carbocycles. The Bertz CT molecular complexity index is 1050. The summed E-state index contributed by atoms with van der Waals surface area (Å²) in [4.78, 5) is 14.8. The lowest BCUT2D eigenvalue weighted by Crippen LogP contribution is -2.25. The maximum absolute atomic E-state index is 14.3. The summed E-state index contributed by atoms with van der Waals surface area (Å²) in [5.41, 5.74) is 3.01. The third-order valence-corrected chi connectivity index (χ3v) is 6.04. The Labute approximate surface area is 161 Å². The lowest BCUT2D eigenvalue weighted by molar-refractivity contribution is -0.129. The number of carbonyl (C=O) groups is 1. The Kier molecular flexibility index (Phi) is 6.26. The second kappa shape index (κ2) is 8.01. The highest BCUT2D eigenvalue weighted by molar-refractivity contribution is 7.91. The predicted octanol–water partition coefficient (Wildman–Crippen LogP) is 3.36. The maximum Gasteiger partial charge on any atom is 0.390 e. The summed E-state index contributed by atoms with van der Waals surface area (Å²) in [5, 5.41) is -2.32. The topological polar surface area (TPSA) is 90.1 Å². The molecule has 0 aliphatic carbocycles. The number of alkyl halides is 3. The third-order valence-electron chi connectivity index (χ3n) is 4.06. The summed E-state index contributed by atoms with van der Waals surface area (Å²) in [6.07, 6.45) is -5.88. The molecule has 0 fully saturated rings. The highest BCUT2D eigenvalue weighted by Gasteiger charge is 2.39. The molecule has 0 spiro atoms. The van der Waals surface area contributed by atoms with Crippen LogP contribution in [0, 0.1) is 24.4 Å². The zero-order chi connectivity index (χ0) is 22.1. The Morgan fingerprint density at radius 3 is 2.28 bits per heavy atom. The zero-order valence-electron chi connectivity index (χ0n) is 14.7. The minimum atomic E-state index is -4.90. The van der Waals surface area contributed by atoms with Gasteiger partial charge in [0, 0.05) is 11.8 Å². The number of aryl methyl sites for hydroxylation is 1. The van der Waals surface area contributed by atoms with Gasteiger partial charge in [0.1, 0.15) is 16.8 Å². The van der Waals surface area contributed by atoms with Gasteiger partial charge in [0.15, 0.2) is 21.5 Å². The van der Waals surface area contributed by atoms with Crippen LogP contribution in [0.2, 0.25) is 0 Å². The minimum absolute atomic E-state index is 0.0440. The van der Waals surface area contributed by atoms with Crippen LogP contribution in [0.25, 0.3) is 0 Å². The molecule has 12 heteroatoms. The van der Waals surface area contributed by atoms with E-state index in [2.05, 4.69) is 4.98 Å². The number of hydrogen-bond donors (Lipinski definition) is 1. The van der Waals surface area contributed by atoms with Crippen LogP contribution in [-0.4, -0.2) is 31.2 Å². The number of benzene rings is 1. The third kappa shape index (κ3) is 5.05. The van der Waals surface area contributed by atoms with Crippen molar-refractivity contribution in [3.63, 3.8) is 0 Å². The lowest BCUT2D eigenvalue weighted by atomic mass is 10.00. The first-order valence-electron chi connectivity index (χ1n) is 7.92. The van der Waals surface area contributed by atoms with Crippen molar-refractivity contribution in [3.8, 4) is 0 Å². The molecule has 0 aliphatic rings. The fraction of sp³-hybridized carbons (Fsp3) is 0.294. The molecule has 1 heterocycles.